The summed E-state index contributed by atoms with van der Waals surface area (Å²) in [4.78, 5) is 18.1. The molecule has 0 saturated heterocycles. The number of carbonyl (C=O) groups is 1. The molecule has 7 nitrogen and oxygen atoms in total. The Balaban J connectivity index is 1.76. The van der Waals surface area contributed by atoms with Gasteiger partial charge in [0.05, 0.1) is 28.0 Å². The normalized spacial score (nSPS) is 12.2. The van der Waals surface area contributed by atoms with Crippen molar-refractivity contribution in [2.45, 2.75) is 25.3 Å². The van der Waals surface area contributed by atoms with E-state index >= 15 is 0 Å². The smallest absolute Gasteiger partial charge is 0.281 e. The van der Waals surface area contributed by atoms with E-state index in [9.17, 15) is 13.2 Å². The maximum atomic E-state index is 13.2. The third-order valence-corrected chi connectivity index (χ3v) is 7.56. The number of rotatable bonds is 6. The van der Waals surface area contributed by atoms with E-state index in [4.69, 9.17) is 4.74 Å². The van der Waals surface area contributed by atoms with Gasteiger partial charge in [-0.25, -0.2) is 8.42 Å². The van der Waals surface area contributed by atoms with Crippen LogP contribution in [0.1, 0.15) is 22.8 Å². The Hall–Kier alpha value is -3.43. The standard InChI is InChI=1S/C24H23N3O4S2/c1-4-27-22-20(31-3)10-7-11-21(22)32-24(27)25-23(28)18-8-5-6-9-19(18)26-33(29,30)17-14-12-16(2)13-15-17/h5-15,26H,4H2,1-3H3. The molecule has 1 N–H and O–H groups in total. The fourth-order valence-electron chi connectivity index (χ4n) is 3.47. The molecule has 4 aromatic rings. The average molecular weight is 482 g/mol. The lowest BCUT2D eigenvalue weighted by Crippen LogP contribution is -2.18. The minimum atomic E-state index is -3.86. The SMILES string of the molecule is CCn1c(=NC(=O)c2ccccc2NS(=O)(=O)c2ccc(C)cc2)sc2cccc(OC)c21. The van der Waals surface area contributed by atoms with Gasteiger partial charge in [0.25, 0.3) is 15.9 Å². The van der Waals surface area contributed by atoms with E-state index in [2.05, 4.69) is 9.71 Å². The van der Waals surface area contributed by atoms with Gasteiger partial charge in [-0.3, -0.25) is 9.52 Å². The van der Waals surface area contributed by atoms with Crippen LogP contribution in [0.3, 0.4) is 0 Å². The Morgan fingerprint density at radius 1 is 1.06 bits per heavy atom. The van der Waals surface area contributed by atoms with Crippen LogP contribution in [0.15, 0.2) is 76.6 Å². The van der Waals surface area contributed by atoms with Crippen LogP contribution < -0.4 is 14.3 Å². The number of ether oxygens (including phenoxy) is 1. The second kappa shape index (κ2) is 9.21. The second-order valence-corrected chi connectivity index (χ2v) is 10.0. The van der Waals surface area contributed by atoms with Crippen LogP contribution >= 0.6 is 11.3 Å². The van der Waals surface area contributed by atoms with Crippen LogP contribution in [0.2, 0.25) is 0 Å². The van der Waals surface area contributed by atoms with Crippen LogP contribution in [-0.4, -0.2) is 26.0 Å². The van der Waals surface area contributed by atoms with Crippen molar-refractivity contribution in [2.75, 3.05) is 11.8 Å². The van der Waals surface area contributed by atoms with Crippen molar-refractivity contribution in [1.29, 1.82) is 0 Å². The van der Waals surface area contributed by atoms with Crippen molar-refractivity contribution in [3.63, 3.8) is 0 Å². The molecule has 4 rings (SSSR count). The summed E-state index contributed by atoms with van der Waals surface area (Å²) < 4.78 is 36.6. The second-order valence-electron chi connectivity index (χ2n) is 7.32. The number of methoxy groups -OCH3 is 1. The molecule has 33 heavy (non-hydrogen) atoms. The molecule has 1 heterocycles. The molecule has 0 saturated carbocycles. The lowest BCUT2D eigenvalue weighted by molar-refractivity contribution is 0.0998. The number of anilines is 1. The van der Waals surface area contributed by atoms with Crippen molar-refractivity contribution in [1.82, 2.24) is 4.57 Å². The van der Waals surface area contributed by atoms with Gasteiger partial charge in [-0.05, 0) is 50.2 Å². The molecule has 170 valence electrons. The maximum Gasteiger partial charge on any atom is 0.281 e. The van der Waals surface area contributed by atoms with E-state index in [-0.39, 0.29) is 16.1 Å². The van der Waals surface area contributed by atoms with E-state index in [0.717, 1.165) is 15.8 Å². The first-order valence-corrected chi connectivity index (χ1v) is 12.6. The largest absolute Gasteiger partial charge is 0.495 e. The first kappa shape index (κ1) is 22.8. The Morgan fingerprint density at radius 2 is 1.79 bits per heavy atom. The molecule has 0 spiro atoms. The van der Waals surface area contributed by atoms with Crippen molar-refractivity contribution >= 4 is 43.2 Å². The Labute approximate surface area is 196 Å². The molecule has 0 bridgehead atoms. The Bertz CT molecular complexity index is 1500. The lowest BCUT2D eigenvalue weighted by atomic mass is 10.2. The first-order chi connectivity index (χ1) is 15.8. The molecular weight excluding hydrogens is 458 g/mol. The third kappa shape index (κ3) is 4.55. The van der Waals surface area contributed by atoms with E-state index < -0.39 is 15.9 Å². The number of carbonyl (C=O) groups excluding carboxylic acids is 1. The zero-order chi connectivity index (χ0) is 23.6. The van der Waals surface area contributed by atoms with Gasteiger partial charge in [0.15, 0.2) is 4.80 Å². The predicted molar refractivity (Wildman–Crippen MR) is 130 cm³/mol. The van der Waals surface area contributed by atoms with Crippen LogP contribution in [0.25, 0.3) is 10.2 Å². The van der Waals surface area contributed by atoms with Crippen molar-refractivity contribution in [3.05, 3.63) is 82.7 Å². The number of benzene rings is 3. The molecular formula is C24H23N3O4S2. The monoisotopic (exact) mass is 481 g/mol. The molecule has 3 aromatic carbocycles. The van der Waals surface area contributed by atoms with Crippen LogP contribution in [0.5, 0.6) is 5.75 Å². The number of sulfonamides is 1. The number of para-hydroxylation sites is 2. The first-order valence-electron chi connectivity index (χ1n) is 10.3. The minimum absolute atomic E-state index is 0.118. The molecule has 0 radical (unpaired) electrons. The summed E-state index contributed by atoms with van der Waals surface area (Å²) in [5.74, 6) is 0.163. The molecule has 1 aromatic heterocycles. The summed E-state index contributed by atoms with van der Waals surface area (Å²) in [5.41, 5.74) is 2.16. The number of amides is 1. The zero-order valence-electron chi connectivity index (χ0n) is 18.4. The van der Waals surface area contributed by atoms with Crippen LogP contribution in [0, 0.1) is 6.92 Å². The van der Waals surface area contributed by atoms with Crippen molar-refractivity contribution in [2.24, 2.45) is 4.99 Å². The number of hydrogen-bond donors (Lipinski definition) is 1. The van der Waals surface area contributed by atoms with Gasteiger partial charge in [0.1, 0.15) is 11.3 Å². The van der Waals surface area contributed by atoms with E-state index in [0.29, 0.717) is 17.1 Å². The zero-order valence-corrected chi connectivity index (χ0v) is 20.0. The highest BCUT2D eigenvalue weighted by molar-refractivity contribution is 7.92. The van der Waals surface area contributed by atoms with Gasteiger partial charge in [0.2, 0.25) is 0 Å². The highest BCUT2D eigenvalue weighted by Crippen LogP contribution is 2.27. The summed E-state index contributed by atoms with van der Waals surface area (Å²) in [5, 5.41) is 0. The molecule has 0 aliphatic carbocycles. The summed E-state index contributed by atoms with van der Waals surface area (Å²) in [6.45, 7) is 4.44. The van der Waals surface area contributed by atoms with Gasteiger partial charge in [-0.1, -0.05) is 47.2 Å². The predicted octanol–water partition coefficient (Wildman–Crippen LogP) is 4.58. The van der Waals surface area contributed by atoms with Crippen LogP contribution in [-0.2, 0) is 16.6 Å². The van der Waals surface area contributed by atoms with Gasteiger partial charge in [-0.2, -0.15) is 4.99 Å². The molecule has 0 aliphatic heterocycles. The van der Waals surface area contributed by atoms with Crippen molar-refractivity contribution in [3.8, 4) is 5.75 Å². The summed E-state index contributed by atoms with van der Waals surface area (Å²) >= 11 is 1.38. The highest BCUT2D eigenvalue weighted by Gasteiger charge is 2.19. The lowest BCUT2D eigenvalue weighted by Gasteiger charge is -2.11. The topological polar surface area (TPSA) is 89.8 Å². The number of fused-ring (bicyclic) bond motifs is 1. The number of hydrogen-bond acceptors (Lipinski definition) is 5. The fraction of sp³-hybridized carbons (Fsp3) is 0.167. The summed E-state index contributed by atoms with van der Waals surface area (Å²) in [7, 11) is -2.26. The molecule has 9 heteroatoms. The van der Waals surface area contributed by atoms with Gasteiger partial charge in [-0.15, -0.1) is 0 Å². The molecule has 1 amide bonds. The molecule has 0 fully saturated rings. The summed E-state index contributed by atoms with van der Waals surface area (Å²) in [6.07, 6.45) is 0. The summed E-state index contributed by atoms with van der Waals surface area (Å²) in [6, 6.07) is 18.7. The molecule has 0 atom stereocenters. The number of nitrogens with one attached hydrogen (secondary N) is 1. The third-order valence-electron chi connectivity index (χ3n) is 5.13. The van der Waals surface area contributed by atoms with E-state index in [1.165, 1.54) is 23.5 Å². The average Bonchev–Trinajstić information content (AvgIpc) is 3.16. The number of aromatic nitrogens is 1. The van der Waals surface area contributed by atoms with Crippen molar-refractivity contribution < 1.29 is 17.9 Å². The number of aryl methyl sites for hydroxylation is 2. The molecule has 0 unspecified atom stereocenters. The quantitative estimate of drug-likeness (QED) is 0.436. The highest BCUT2D eigenvalue weighted by atomic mass is 32.2. The number of nitrogens with zero attached hydrogens (tertiary/aromatic N) is 2. The Kier molecular flexibility index (Phi) is 6.35. The van der Waals surface area contributed by atoms with E-state index in [1.807, 2.05) is 36.6 Å². The minimum Gasteiger partial charge on any atom is -0.495 e. The number of thiazole rings is 1. The fourth-order valence-corrected chi connectivity index (χ4v) is 5.66. The van der Waals surface area contributed by atoms with E-state index in [1.54, 1.807) is 43.5 Å². The van der Waals surface area contributed by atoms with Gasteiger partial charge < -0.3 is 9.30 Å². The van der Waals surface area contributed by atoms with Crippen LogP contribution in [0.4, 0.5) is 5.69 Å². The van der Waals surface area contributed by atoms with Gasteiger partial charge >= 0.3 is 0 Å². The maximum absolute atomic E-state index is 13.2. The van der Waals surface area contributed by atoms with Gasteiger partial charge in [0, 0.05) is 6.54 Å². The Morgan fingerprint density at radius 3 is 2.48 bits per heavy atom. The molecule has 0 aliphatic rings.